The molecule has 2 aliphatic heterocycles. The standard InChI is InChI=1S/C17H31N3O3/c21-16(14-19-6-10-22-11-7-19)18-15-17(4-2-1-3-5-17)20-8-12-23-13-9-20/h1-15H2,(H,18,21). The molecule has 3 aliphatic rings. The van der Waals surface area contributed by atoms with Crippen molar-refractivity contribution in [2.75, 3.05) is 65.7 Å². The molecule has 23 heavy (non-hydrogen) atoms. The molecule has 6 nitrogen and oxygen atoms in total. The van der Waals surface area contributed by atoms with Gasteiger partial charge in [-0.25, -0.2) is 0 Å². The lowest BCUT2D eigenvalue weighted by atomic mass is 9.79. The fourth-order valence-electron chi connectivity index (χ4n) is 4.13. The predicted octanol–water partition coefficient (Wildman–Crippen LogP) is 0.470. The molecule has 0 aromatic carbocycles. The molecule has 2 heterocycles. The Balaban J connectivity index is 1.52. The lowest BCUT2D eigenvalue weighted by Gasteiger charge is -2.48. The van der Waals surface area contributed by atoms with E-state index in [-0.39, 0.29) is 11.4 Å². The Morgan fingerprint density at radius 2 is 1.52 bits per heavy atom. The average molecular weight is 325 g/mol. The summed E-state index contributed by atoms with van der Waals surface area (Å²) >= 11 is 0. The smallest absolute Gasteiger partial charge is 0.234 e. The van der Waals surface area contributed by atoms with Crippen molar-refractivity contribution in [2.24, 2.45) is 0 Å². The van der Waals surface area contributed by atoms with Gasteiger partial charge in [0.2, 0.25) is 5.91 Å². The fourth-order valence-corrected chi connectivity index (χ4v) is 4.13. The van der Waals surface area contributed by atoms with Crippen molar-refractivity contribution >= 4 is 5.91 Å². The zero-order valence-corrected chi connectivity index (χ0v) is 14.2. The molecular formula is C17H31N3O3. The topological polar surface area (TPSA) is 54.0 Å². The highest BCUT2D eigenvalue weighted by molar-refractivity contribution is 5.78. The lowest BCUT2D eigenvalue weighted by Crippen LogP contribution is -2.60. The maximum Gasteiger partial charge on any atom is 0.234 e. The maximum atomic E-state index is 12.3. The van der Waals surface area contributed by atoms with Crippen molar-refractivity contribution in [3.05, 3.63) is 0 Å². The number of rotatable bonds is 5. The van der Waals surface area contributed by atoms with Gasteiger partial charge in [0.05, 0.1) is 33.0 Å². The first-order valence-electron chi connectivity index (χ1n) is 9.18. The third-order valence-corrected chi connectivity index (χ3v) is 5.55. The first-order chi connectivity index (χ1) is 11.3. The number of nitrogens with one attached hydrogen (secondary N) is 1. The van der Waals surface area contributed by atoms with Crippen LogP contribution in [0.5, 0.6) is 0 Å². The van der Waals surface area contributed by atoms with Crippen LogP contribution in [0.1, 0.15) is 32.1 Å². The van der Waals surface area contributed by atoms with Crippen molar-refractivity contribution in [1.82, 2.24) is 15.1 Å². The summed E-state index contributed by atoms with van der Waals surface area (Å²) in [6.07, 6.45) is 6.27. The van der Waals surface area contributed by atoms with E-state index < -0.39 is 0 Å². The Kier molecular flexibility index (Phi) is 6.28. The zero-order valence-electron chi connectivity index (χ0n) is 14.2. The molecular weight excluding hydrogens is 294 g/mol. The monoisotopic (exact) mass is 325 g/mol. The van der Waals surface area contributed by atoms with E-state index in [2.05, 4.69) is 15.1 Å². The quantitative estimate of drug-likeness (QED) is 0.796. The van der Waals surface area contributed by atoms with Gasteiger partial charge in [0.25, 0.3) is 0 Å². The number of hydrogen-bond acceptors (Lipinski definition) is 5. The predicted molar refractivity (Wildman–Crippen MR) is 88.5 cm³/mol. The van der Waals surface area contributed by atoms with E-state index in [0.29, 0.717) is 6.54 Å². The van der Waals surface area contributed by atoms with Crippen LogP contribution in [-0.4, -0.2) is 86.9 Å². The van der Waals surface area contributed by atoms with Crippen molar-refractivity contribution in [3.63, 3.8) is 0 Å². The number of hydrogen-bond donors (Lipinski definition) is 1. The molecule has 2 saturated heterocycles. The second kappa shape index (κ2) is 8.42. The van der Waals surface area contributed by atoms with Gasteiger partial charge in [-0.2, -0.15) is 0 Å². The van der Waals surface area contributed by atoms with Gasteiger partial charge in [-0.05, 0) is 12.8 Å². The SMILES string of the molecule is O=C(CN1CCOCC1)NCC1(N2CCOCC2)CCCCC1. The number of carbonyl (C=O) groups excluding carboxylic acids is 1. The van der Waals surface area contributed by atoms with Gasteiger partial charge in [0, 0.05) is 38.3 Å². The molecule has 0 bridgehead atoms. The minimum absolute atomic E-state index is 0.155. The largest absolute Gasteiger partial charge is 0.379 e. The van der Waals surface area contributed by atoms with Crippen molar-refractivity contribution in [3.8, 4) is 0 Å². The molecule has 132 valence electrons. The molecule has 3 fully saturated rings. The fraction of sp³-hybridized carbons (Fsp3) is 0.941. The molecule has 3 rings (SSSR count). The van der Waals surface area contributed by atoms with Gasteiger partial charge in [0.1, 0.15) is 0 Å². The Bertz CT molecular complexity index is 373. The first-order valence-corrected chi connectivity index (χ1v) is 9.18. The molecule has 1 saturated carbocycles. The van der Waals surface area contributed by atoms with Gasteiger partial charge < -0.3 is 14.8 Å². The Morgan fingerprint density at radius 3 is 2.17 bits per heavy atom. The third-order valence-electron chi connectivity index (χ3n) is 5.55. The molecule has 0 spiro atoms. The summed E-state index contributed by atoms with van der Waals surface area (Å²) in [6.45, 7) is 8.14. The van der Waals surface area contributed by atoms with Crippen LogP contribution in [0.4, 0.5) is 0 Å². The van der Waals surface area contributed by atoms with Gasteiger partial charge in [-0.1, -0.05) is 19.3 Å². The van der Waals surface area contributed by atoms with Crippen molar-refractivity contribution < 1.29 is 14.3 Å². The number of ether oxygens (including phenoxy) is 2. The second-order valence-electron chi connectivity index (χ2n) is 7.05. The molecule has 1 amide bonds. The highest BCUT2D eigenvalue weighted by atomic mass is 16.5. The normalized spacial score (nSPS) is 26.8. The summed E-state index contributed by atoms with van der Waals surface area (Å²) in [4.78, 5) is 17.1. The van der Waals surface area contributed by atoms with E-state index >= 15 is 0 Å². The summed E-state index contributed by atoms with van der Waals surface area (Å²) in [5.74, 6) is 0.158. The Hall–Kier alpha value is -0.690. The first kappa shape index (κ1) is 17.1. The molecule has 0 radical (unpaired) electrons. The van der Waals surface area contributed by atoms with Gasteiger partial charge in [0.15, 0.2) is 0 Å². The molecule has 0 aromatic heterocycles. The lowest BCUT2D eigenvalue weighted by molar-refractivity contribution is -0.124. The molecule has 0 unspecified atom stereocenters. The van der Waals surface area contributed by atoms with Crippen LogP contribution in [0, 0.1) is 0 Å². The van der Waals surface area contributed by atoms with E-state index in [0.717, 1.165) is 59.2 Å². The summed E-state index contributed by atoms with van der Waals surface area (Å²) in [7, 11) is 0. The molecule has 1 aliphatic carbocycles. The Morgan fingerprint density at radius 1 is 0.913 bits per heavy atom. The van der Waals surface area contributed by atoms with Crippen molar-refractivity contribution in [1.29, 1.82) is 0 Å². The second-order valence-corrected chi connectivity index (χ2v) is 7.05. The van der Waals surface area contributed by atoms with E-state index in [9.17, 15) is 4.79 Å². The number of nitrogens with zero attached hydrogens (tertiary/aromatic N) is 2. The van der Waals surface area contributed by atoms with E-state index in [1.807, 2.05) is 0 Å². The van der Waals surface area contributed by atoms with Crippen LogP contribution in [-0.2, 0) is 14.3 Å². The van der Waals surface area contributed by atoms with Crippen LogP contribution in [0.3, 0.4) is 0 Å². The Labute approximate surface area is 139 Å². The molecule has 6 heteroatoms. The average Bonchev–Trinajstić information content (AvgIpc) is 2.62. The molecule has 0 aromatic rings. The summed E-state index contributed by atoms with van der Waals surface area (Å²) in [5.41, 5.74) is 0.155. The highest BCUT2D eigenvalue weighted by Gasteiger charge is 2.38. The maximum absolute atomic E-state index is 12.3. The van der Waals surface area contributed by atoms with E-state index in [4.69, 9.17) is 9.47 Å². The number of morpholine rings is 2. The minimum Gasteiger partial charge on any atom is -0.379 e. The highest BCUT2D eigenvalue weighted by Crippen LogP contribution is 2.33. The number of amides is 1. The summed E-state index contributed by atoms with van der Waals surface area (Å²) in [5, 5.41) is 3.23. The van der Waals surface area contributed by atoms with Gasteiger partial charge >= 0.3 is 0 Å². The van der Waals surface area contributed by atoms with Gasteiger partial charge in [-0.3, -0.25) is 14.6 Å². The molecule has 1 N–H and O–H groups in total. The number of carbonyl (C=O) groups is 1. The van der Waals surface area contributed by atoms with Crippen LogP contribution in [0.25, 0.3) is 0 Å². The van der Waals surface area contributed by atoms with Crippen LogP contribution in [0.2, 0.25) is 0 Å². The van der Waals surface area contributed by atoms with E-state index in [1.54, 1.807) is 0 Å². The molecule has 0 atom stereocenters. The van der Waals surface area contributed by atoms with Crippen molar-refractivity contribution in [2.45, 2.75) is 37.6 Å². The minimum atomic E-state index is 0.155. The van der Waals surface area contributed by atoms with Crippen LogP contribution >= 0.6 is 0 Å². The summed E-state index contributed by atoms with van der Waals surface area (Å²) in [6, 6.07) is 0. The zero-order chi connectivity index (χ0) is 16.0. The third kappa shape index (κ3) is 4.66. The summed E-state index contributed by atoms with van der Waals surface area (Å²) < 4.78 is 10.9. The van der Waals surface area contributed by atoms with E-state index in [1.165, 1.54) is 32.1 Å². The van der Waals surface area contributed by atoms with Crippen LogP contribution in [0.15, 0.2) is 0 Å². The van der Waals surface area contributed by atoms with Gasteiger partial charge in [-0.15, -0.1) is 0 Å². The van der Waals surface area contributed by atoms with Crippen LogP contribution < -0.4 is 5.32 Å².